The van der Waals surface area contributed by atoms with Gasteiger partial charge in [0.15, 0.2) is 12.4 Å². The predicted molar refractivity (Wildman–Crippen MR) is 192 cm³/mol. The van der Waals surface area contributed by atoms with Crippen LogP contribution in [0.2, 0.25) is 0 Å². The Morgan fingerprint density at radius 2 is 1.20 bits per heavy atom. The molecule has 0 saturated carbocycles. The van der Waals surface area contributed by atoms with Gasteiger partial charge in [0.05, 0.1) is 13.2 Å². The molecule has 0 aliphatic carbocycles. The molecule has 1 aliphatic rings. The summed E-state index contributed by atoms with van der Waals surface area (Å²) >= 11 is 0. The second-order valence-electron chi connectivity index (χ2n) is 13.0. The summed E-state index contributed by atoms with van der Waals surface area (Å²) < 4.78 is 22.0. The molecule has 6 unspecified atom stereocenters. The number of ether oxygens (including phenoxy) is 4. The molecular weight excluding hydrogens is 628 g/mol. The van der Waals surface area contributed by atoms with Gasteiger partial charge in [-0.2, -0.15) is 0 Å². The number of aliphatic hydroxyl groups is 4. The standard InChI is InChI=1S/C39H68O10/c1-3-5-7-9-11-13-14-15-16-17-18-20-22-24-26-28-35(42)48-32(31-47-39-38(45)37(44)36(43)33(29-40)49-39)30-46-34(41)27-25-23-21-19-12-10-8-6-4-2/h5,7,11,13,15-16,32-33,36-40,43-45H,3-4,6,8-10,12,14,17-31H2,1-2H3/b7-5-,13-11-,16-15-. The van der Waals surface area contributed by atoms with Gasteiger partial charge in [0.25, 0.3) is 0 Å². The van der Waals surface area contributed by atoms with Crippen LogP contribution in [0, 0.1) is 0 Å². The molecule has 1 saturated heterocycles. The van der Waals surface area contributed by atoms with E-state index < -0.39 is 49.4 Å². The van der Waals surface area contributed by atoms with Crippen molar-refractivity contribution in [2.75, 3.05) is 19.8 Å². The monoisotopic (exact) mass is 696 g/mol. The van der Waals surface area contributed by atoms with Crippen LogP contribution >= 0.6 is 0 Å². The molecule has 0 aromatic heterocycles. The largest absolute Gasteiger partial charge is 0.462 e. The van der Waals surface area contributed by atoms with Crippen molar-refractivity contribution in [1.82, 2.24) is 0 Å². The van der Waals surface area contributed by atoms with E-state index in [1.54, 1.807) is 0 Å². The molecule has 4 N–H and O–H groups in total. The van der Waals surface area contributed by atoms with E-state index in [1.807, 2.05) is 0 Å². The third kappa shape index (κ3) is 23.1. The molecular formula is C39H68O10. The Kier molecular flexibility index (Phi) is 28.2. The van der Waals surface area contributed by atoms with Crippen molar-refractivity contribution < 1.29 is 49.0 Å². The summed E-state index contributed by atoms with van der Waals surface area (Å²) in [5, 5.41) is 39.9. The van der Waals surface area contributed by atoms with Crippen LogP contribution in [0.3, 0.4) is 0 Å². The van der Waals surface area contributed by atoms with Gasteiger partial charge in [-0.05, 0) is 44.9 Å². The van der Waals surface area contributed by atoms with Gasteiger partial charge in [0, 0.05) is 12.8 Å². The zero-order valence-corrected chi connectivity index (χ0v) is 30.4. The molecule has 0 aromatic rings. The molecule has 0 amide bonds. The summed E-state index contributed by atoms with van der Waals surface area (Å²) in [7, 11) is 0. The number of unbranched alkanes of at least 4 members (excludes halogenated alkanes) is 13. The van der Waals surface area contributed by atoms with Gasteiger partial charge in [-0.3, -0.25) is 9.59 Å². The first-order chi connectivity index (χ1) is 23.8. The topological polar surface area (TPSA) is 152 Å². The van der Waals surface area contributed by atoms with Gasteiger partial charge < -0.3 is 39.4 Å². The maximum atomic E-state index is 12.7. The first kappa shape index (κ1) is 44.9. The lowest BCUT2D eigenvalue weighted by Gasteiger charge is -2.39. The molecule has 6 atom stereocenters. The molecule has 1 aliphatic heterocycles. The molecule has 49 heavy (non-hydrogen) atoms. The van der Waals surface area contributed by atoms with E-state index in [1.165, 1.54) is 38.5 Å². The number of carbonyl (C=O) groups excluding carboxylic acids is 2. The van der Waals surface area contributed by atoms with Crippen LogP contribution in [0.15, 0.2) is 36.5 Å². The van der Waals surface area contributed by atoms with Crippen LogP contribution in [0.4, 0.5) is 0 Å². The van der Waals surface area contributed by atoms with E-state index in [2.05, 4.69) is 50.3 Å². The Balaban J connectivity index is 2.41. The van der Waals surface area contributed by atoms with Gasteiger partial charge in [-0.15, -0.1) is 0 Å². The quantitative estimate of drug-likeness (QED) is 0.0360. The van der Waals surface area contributed by atoms with Gasteiger partial charge in [-0.25, -0.2) is 0 Å². The average Bonchev–Trinajstić information content (AvgIpc) is 3.10. The lowest BCUT2D eigenvalue weighted by molar-refractivity contribution is -0.305. The first-order valence-corrected chi connectivity index (χ1v) is 19.1. The summed E-state index contributed by atoms with van der Waals surface area (Å²) in [4.78, 5) is 25.1. The highest BCUT2D eigenvalue weighted by atomic mass is 16.7. The maximum Gasteiger partial charge on any atom is 0.306 e. The summed E-state index contributed by atoms with van der Waals surface area (Å²) in [6, 6.07) is 0. The SMILES string of the molecule is CC/C=C\C/C=C\C/C=C\CCCCCCCC(=O)OC(COC(=O)CCCCCCCCCCC)COC1OC(CO)C(O)C(O)C1O. The highest BCUT2D eigenvalue weighted by Gasteiger charge is 2.44. The summed E-state index contributed by atoms with van der Waals surface area (Å²) in [6.45, 7) is 3.24. The van der Waals surface area contributed by atoms with E-state index in [0.29, 0.717) is 6.42 Å². The number of carbonyl (C=O) groups is 2. The molecule has 1 heterocycles. The van der Waals surface area contributed by atoms with E-state index in [-0.39, 0.29) is 32.0 Å². The van der Waals surface area contributed by atoms with Crippen molar-refractivity contribution in [3.05, 3.63) is 36.5 Å². The third-order valence-corrected chi connectivity index (χ3v) is 8.54. The van der Waals surface area contributed by atoms with E-state index >= 15 is 0 Å². The van der Waals surface area contributed by atoms with Crippen LogP contribution < -0.4 is 0 Å². The number of aliphatic hydroxyl groups excluding tert-OH is 4. The van der Waals surface area contributed by atoms with Crippen LogP contribution in [-0.2, 0) is 28.5 Å². The van der Waals surface area contributed by atoms with Crippen LogP contribution in [0.25, 0.3) is 0 Å². The molecule has 0 bridgehead atoms. The van der Waals surface area contributed by atoms with Crippen LogP contribution in [0.1, 0.15) is 142 Å². The molecule has 0 aromatic carbocycles. The Morgan fingerprint density at radius 1 is 0.653 bits per heavy atom. The lowest BCUT2D eigenvalue weighted by Crippen LogP contribution is -2.59. The summed E-state index contributed by atoms with van der Waals surface area (Å²) in [5.74, 6) is -0.832. The molecule has 10 nitrogen and oxygen atoms in total. The summed E-state index contributed by atoms with van der Waals surface area (Å²) in [5.41, 5.74) is 0. The molecule has 1 fully saturated rings. The fraction of sp³-hybridized carbons (Fsp3) is 0.795. The highest BCUT2D eigenvalue weighted by Crippen LogP contribution is 2.22. The molecule has 0 spiro atoms. The van der Waals surface area contributed by atoms with Crippen LogP contribution in [-0.4, -0.2) is 89.0 Å². The lowest BCUT2D eigenvalue weighted by atomic mass is 9.99. The number of allylic oxidation sites excluding steroid dienone is 6. The van der Waals surface area contributed by atoms with Crippen molar-refractivity contribution in [1.29, 1.82) is 0 Å². The second kappa shape index (κ2) is 30.7. The number of esters is 2. The average molecular weight is 697 g/mol. The third-order valence-electron chi connectivity index (χ3n) is 8.54. The van der Waals surface area contributed by atoms with Gasteiger partial charge in [0.2, 0.25) is 0 Å². The van der Waals surface area contributed by atoms with Gasteiger partial charge in [0.1, 0.15) is 31.0 Å². The normalized spacial score (nSPS) is 22.0. The first-order valence-electron chi connectivity index (χ1n) is 19.1. The predicted octanol–water partition coefficient (Wildman–Crippen LogP) is 6.77. The maximum absolute atomic E-state index is 12.7. The van der Waals surface area contributed by atoms with E-state index in [4.69, 9.17) is 18.9 Å². The second-order valence-corrected chi connectivity index (χ2v) is 13.0. The molecule has 10 heteroatoms. The molecule has 284 valence electrons. The van der Waals surface area contributed by atoms with Crippen molar-refractivity contribution in [2.45, 2.75) is 179 Å². The minimum Gasteiger partial charge on any atom is -0.462 e. The Morgan fingerprint density at radius 3 is 1.82 bits per heavy atom. The van der Waals surface area contributed by atoms with Crippen molar-refractivity contribution in [3.63, 3.8) is 0 Å². The Hall–Kier alpha value is -2.08. The van der Waals surface area contributed by atoms with Crippen molar-refractivity contribution in [3.8, 4) is 0 Å². The fourth-order valence-electron chi connectivity index (χ4n) is 5.49. The van der Waals surface area contributed by atoms with Crippen LogP contribution in [0.5, 0.6) is 0 Å². The Bertz CT molecular complexity index is 902. The smallest absolute Gasteiger partial charge is 0.306 e. The fourth-order valence-corrected chi connectivity index (χ4v) is 5.49. The number of rotatable bonds is 30. The number of hydrogen-bond donors (Lipinski definition) is 4. The molecule has 1 rings (SSSR count). The number of hydrogen-bond acceptors (Lipinski definition) is 10. The molecule has 0 radical (unpaired) electrons. The minimum absolute atomic E-state index is 0.211. The van der Waals surface area contributed by atoms with Crippen molar-refractivity contribution >= 4 is 11.9 Å². The highest BCUT2D eigenvalue weighted by molar-refractivity contribution is 5.70. The zero-order chi connectivity index (χ0) is 36.0. The van der Waals surface area contributed by atoms with Gasteiger partial charge >= 0.3 is 11.9 Å². The minimum atomic E-state index is -1.60. The Labute approximate surface area is 295 Å². The van der Waals surface area contributed by atoms with E-state index in [9.17, 15) is 30.0 Å². The van der Waals surface area contributed by atoms with E-state index in [0.717, 1.165) is 70.6 Å². The summed E-state index contributed by atoms with van der Waals surface area (Å²) in [6.07, 6.45) is 24.5. The zero-order valence-electron chi connectivity index (χ0n) is 30.4. The van der Waals surface area contributed by atoms with Gasteiger partial charge in [-0.1, -0.05) is 121 Å². The van der Waals surface area contributed by atoms with Crippen molar-refractivity contribution in [2.24, 2.45) is 0 Å².